The number of benzene rings is 1. The van der Waals surface area contributed by atoms with E-state index >= 15 is 0 Å². The van der Waals surface area contributed by atoms with Gasteiger partial charge in [-0.1, -0.05) is 55.0 Å². The first-order valence-electron chi connectivity index (χ1n) is 5.66. The highest BCUT2D eigenvalue weighted by Gasteiger charge is 2.33. The third-order valence-electron chi connectivity index (χ3n) is 3.43. The van der Waals surface area contributed by atoms with Crippen molar-refractivity contribution in [2.45, 2.75) is 18.8 Å². The molecule has 1 aliphatic carbocycles. The molecule has 17 heavy (non-hydrogen) atoms. The molecule has 0 bridgehead atoms. The van der Waals surface area contributed by atoms with Gasteiger partial charge in [-0.05, 0) is 17.7 Å². The Kier molecular flexibility index (Phi) is 3.36. The van der Waals surface area contributed by atoms with Crippen LogP contribution in [0.25, 0.3) is 0 Å². The highest BCUT2D eigenvalue weighted by molar-refractivity contribution is 6.30. The molecule has 1 nitrogen and oxygen atoms in total. The number of allylic oxidation sites excluding steroid dienone is 4. The molecule has 0 saturated heterocycles. The van der Waals surface area contributed by atoms with Crippen molar-refractivity contribution >= 4 is 11.6 Å². The van der Waals surface area contributed by atoms with Gasteiger partial charge in [0.15, 0.2) is 0 Å². The number of rotatable bonds is 2. The summed E-state index contributed by atoms with van der Waals surface area (Å²) in [6, 6.07) is 10.1. The molecule has 0 spiro atoms. The van der Waals surface area contributed by atoms with Crippen LogP contribution in [0.15, 0.2) is 48.6 Å². The Labute approximate surface area is 107 Å². The van der Waals surface area contributed by atoms with E-state index in [9.17, 15) is 0 Å². The molecule has 1 aliphatic rings. The summed E-state index contributed by atoms with van der Waals surface area (Å²) >= 11 is 6.04. The van der Waals surface area contributed by atoms with Crippen molar-refractivity contribution in [3.05, 3.63) is 59.2 Å². The van der Waals surface area contributed by atoms with Crippen LogP contribution in [-0.4, -0.2) is 0 Å². The minimum absolute atomic E-state index is 0.143. The first-order valence-corrected chi connectivity index (χ1v) is 6.03. The highest BCUT2D eigenvalue weighted by Crippen LogP contribution is 2.39. The maximum absolute atomic E-state index is 8.92. The van der Waals surface area contributed by atoms with Gasteiger partial charge in [-0.2, -0.15) is 5.26 Å². The van der Waals surface area contributed by atoms with E-state index < -0.39 is 0 Å². The lowest BCUT2D eigenvalue weighted by Gasteiger charge is -2.34. The molecule has 0 radical (unpaired) electrons. The van der Waals surface area contributed by atoms with E-state index in [0.29, 0.717) is 6.42 Å². The van der Waals surface area contributed by atoms with Gasteiger partial charge < -0.3 is 0 Å². The Bertz CT molecular complexity index is 510. The summed E-state index contributed by atoms with van der Waals surface area (Å²) in [5, 5.41) is 9.66. The lowest BCUT2D eigenvalue weighted by atomic mass is 9.68. The Balaban J connectivity index is 2.43. The van der Waals surface area contributed by atoms with Crippen LogP contribution in [0.5, 0.6) is 0 Å². The Morgan fingerprint density at radius 1 is 1.41 bits per heavy atom. The zero-order valence-electron chi connectivity index (χ0n) is 9.73. The van der Waals surface area contributed by atoms with Crippen LogP contribution < -0.4 is 0 Å². The maximum Gasteiger partial charge on any atom is 0.0628 e. The molecule has 2 unspecified atom stereocenters. The molecule has 0 saturated carbocycles. The number of hydrogen-bond acceptors (Lipinski definition) is 1. The topological polar surface area (TPSA) is 23.8 Å². The number of hydrogen-bond donors (Lipinski definition) is 0. The lowest BCUT2D eigenvalue weighted by Crippen LogP contribution is -2.30. The smallest absolute Gasteiger partial charge is 0.0628 e. The summed E-state index contributed by atoms with van der Waals surface area (Å²) in [6.45, 7) is 2.15. The minimum atomic E-state index is -0.143. The van der Waals surface area contributed by atoms with Crippen LogP contribution in [0.4, 0.5) is 0 Å². The monoisotopic (exact) mass is 243 g/mol. The van der Waals surface area contributed by atoms with Crippen molar-refractivity contribution in [3.63, 3.8) is 0 Å². The third-order valence-corrected chi connectivity index (χ3v) is 3.66. The van der Waals surface area contributed by atoms with Crippen LogP contribution in [0.2, 0.25) is 5.02 Å². The summed E-state index contributed by atoms with van der Waals surface area (Å²) in [4.78, 5) is 0. The number of nitriles is 1. The number of nitrogens with zero attached hydrogens (tertiary/aromatic N) is 1. The average molecular weight is 244 g/mol. The van der Waals surface area contributed by atoms with Crippen molar-refractivity contribution in [1.29, 1.82) is 5.26 Å². The van der Waals surface area contributed by atoms with Crippen molar-refractivity contribution in [1.82, 2.24) is 0 Å². The van der Waals surface area contributed by atoms with E-state index in [-0.39, 0.29) is 11.3 Å². The largest absolute Gasteiger partial charge is 0.198 e. The molecule has 2 rings (SSSR count). The molecule has 0 fully saturated rings. The fraction of sp³-hybridized carbons (Fsp3) is 0.267. The maximum atomic E-state index is 8.92. The second-order valence-electron chi connectivity index (χ2n) is 4.51. The van der Waals surface area contributed by atoms with Crippen LogP contribution in [0.1, 0.15) is 18.9 Å². The lowest BCUT2D eigenvalue weighted by molar-refractivity contribution is 0.431. The second kappa shape index (κ2) is 4.77. The van der Waals surface area contributed by atoms with Gasteiger partial charge in [0.1, 0.15) is 0 Å². The van der Waals surface area contributed by atoms with Crippen LogP contribution >= 0.6 is 11.6 Å². The highest BCUT2D eigenvalue weighted by atomic mass is 35.5. The van der Waals surface area contributed by atoms with Crippen LogP contribution in [-0.2, 0) is 5.41 Å². The van der Waals surface area contributed by atoms with Crippen molar-refractivity contribution < 1.29 is 0 Å². The summed E-state index contributed by atoms with van der Waals surface area (Å²) in [7, 11) is 0. The van der Waals surface area contributed by atoms with Gasteiger partial charge in [-0.15, -0.1) is 0 Å². The van der Waals surface area contributed by atoms with Gasteiger partial charge >= 0.3 is 0 Å². The van der Waals surface area contributed by atoms with E-state index in [1.807, 2.05) is 30.4 Å². The van der Waals surface area contributed by atoms with E-state index in [4.69, 9.17) is 16.9 Å². The zero-order valence-corrected chi connectivity index (χ0v) is 10.5. The molecule has 2 atom stereocenters. The van der Waals surface area contributed by atoms with Crippen molar-refractivity contribution in [3.8, 4) is 6.07 Å². The second-order valence-corrected chi connectivity index (χ2v) is 4.94. The van der Waals surface area contributed by atoms with Crippen LogP contribution in [0.3, 0.4) is 0 Å². The molecule has 0 amide bonds. The zero-order chi connectivity index (χ0) is 12.3. The molecule has 2 heteroatoms. The number of halogens is 1. The summed E-state index contributed by atoms with van der Waals surface area (Å²) in [5.41, 5.74) is 1.01. The summed E-state index contributed by atoms with van der Waals surface area (Å²) in [6.07, 6.45) is 8.82. The average Bonchev–Trinajstić information content (AvgIpc) is 2.32. The Hall–Kier alpha value is -1.52. The van der Waals surface area contributed by atoms with Gasteiger partial charge in [0, 0.05) is 22.8 Å². The molecule has 0 N–H and O–H groups in total. The van der Waals surface area contributed by atoms with E-state index in [1.54, 1.807) is 0 Å². The van der Waals surface area contributed by atoms with Crippen molar-refractivity contribution in [2.24, 2.45) is 5.92 Å². The Morgan fingerprint density at radius 2 is 2.24 bits per heavy atom. The van der Waals surface area contributed by atoms with Gasteiger partial charge in [-0.25, -0.2) is 0 Å². The first-order chi connectivity index (χ1) is 8.16. The predicted octanol–water partition coefficient (Wildman–Crippen LogP) is 4.25. The van der Waals surface area contributed by atoms with E-state index in [0.717, 1.165) is 10.6 Å². The minimum Gasteiger partial charge on any atom is -0.198 e. The van der Waals surface area contributed by atoms with Crippen LogP contribution in [0, 0.1) is 17.2 Å². The molecule has 0 aliphatic heterocycles. The van der Waals surface area contributed by atoms with Gasteiger partial charge in [-0.3, -0.25) is 0 Å². The molecule has 0 heterocycles. The third kappa shape index (κ3) is 2.28. The fourth-order valence-electron chi connectivity index (χ4n) is 2.29. The van der Waals surface area contributed by atoms with Gasteiger partial charge in [0.25, 0.3) is 0 Å². The molecular weight excluding hydrogens is 230 g/mol. The predicted molar refractivity (Wildman–Crippen MR) is 70.8 cm³/mol. The fourth-order valence-corrected chi connectivity index (χ4v) is 2.48. The Morgan fingerprint density at radius 3 is 2.94 bits per heavy atom. The normalized spacial score (nSPS) is 26.8. The van der Waals surface area contributed by atoms with Gasteiger partial charge in [0.2, 0.25) is 0 Å². The quantitative estimate of drug-likeness (QED) is 0.762. The molecular formula is C15H14ClN. The van der Waals surface area contributed by atoms with Gasteiger partial charge in [0.05, 0.1) is 6.07 Å². The SMILES string of the molecule is CC1(c2cccc(Cl)c2)C=CC=CC1CC#N. The van der Waals surface area contributed by atoms with E-state index in [1.165, 1.54) is 0 Å². The summed E-state index contributed by atoms with van der Waals surface area (Å²) < 4.78 is 0. The van der Waals surface area contributed by atoms with Crippen molar-refractivity contribution in [2.75, 3.05) is 0 Å². The molecule has 1 aromatic carbocycles. The molecule has 86 valence electrons. The first kappa shape index (κ1) is 12.0. The molecule has 1 aromatic rings. The molecule has 0 aromatic heterocycles. The van der Waals surface area contributed by atoms with E-state index in [2.05, 4.69) is 31.2 Å². The summed E-state index contributed by atoms with van der Waals surface area (Å²) in [5.74, 6) is 0.205. The standard InChI is InChI=1S/C15H14ClN/c1-15(13-6-4-7-14(16)11-13)9-3-2-5-12(15)8-10-17/h2-7,9,11-12H,8H2,1H3.